The third-order valence-corrected chi connectivity index (χ3v) is 9.14. The van der Waals surface area contributed by atoms with E-state index < -0.39 is 0 Å². The fourth-order valence-electron chi connectivity index (χ4n) is 7.36. The van der Waals surface area contributed by atoms with E-state index in [1.54, 1.807) is 0 Å². The van der Waals surface area contributed by atoms with Crippen molar-refractivity contribution < 1.29 is 0 Å². The summed E-state index contributed by atoms with van der Waals surface area (Å²) in [6, 6.07) is 45.7. The molecule has 3 heterocycles. The molecule has 0 aliphatic carbocycles. The summed E-state index contributed by atoms with van der Waals surface area (Å²) in [4.78, 5) is 6.14. The van der Waals surface area contributed by atoms with Gasteiger partial charge >= 0.3 is 0 Å². The highest BCUT2D eigenvalue weighted by Crippen LogP contribution is 2.53. The van der Waals surface area contributed by atoms with Crippen molar-refractivity contribution in [2.75, 3.05) is 4.90 Å². The minimum absolute atomic E-state index is 0.243. The molecule has 0 amide bonds. The molecular formula is C40H28N4. The highest BCUT2D eigenvalue weighted by molar-refractivity contribution is 6.28. The van der Waals surface area contributed by atoms with Gasteiger partial charge in [-0.15, -0.1) is 0 Å². The van der Waals surface area contributed by atoms with Gasteiger partial charge in [-0.3, -0.25) is 0 Å². The predicted molar refractivity (Wildman–Crippen MR) is 184 cm³/mol. The standard InChI is InChI=1S/C40H28N4/c1-25(2)42-35-15-9-10-16-36(35)44-34-22-19-27(26-17-20-28(41-3)21-18-26)23-31(34)32-24-37-38(40(42)39(32)44)30-13-7-8-14-33(30)43(37)29-11-5-4-6-12-29/h4-25H,1-2H3. The zero-order valence-electron chi connectivity index (χ0n) is 24.5. The monoisotopic (exact) mass is 564 g/mol. The molecule has 44 heavy (non-hydrogen) atoms. The number of para-hydroxylation sites is 4. The quantitative estimate of drug-likeness (QED) is 0.195. The highest BCUT2D eigenvalue weighted by atomic mass is 15.2. The fraction of sp³-hybridized carbons (Fsp3) is 0.0750. The zero-order chi connectivity index (χ0) is 29.5. The maximum Gasteiger partial charge on any atom is 0.187 e. The molecule has 4 heteroatoms. The molecule has 6 aromatic carbocycles. The molecule has 4 nitrogen and oxygen atoms in total. The lowest BCUT2D eigenvalue weighted by atomic mass is 10.00. The van der Waals surface area contributed by atoms with Crippen LogP contribution in [0.15, 0.2) is 127 Å². The molecule has 2 aromatic heterocycles. The molecule has 8 aromatic rings. The van der Waals surface area contributed by atoms with Gasteiger partial charge in [0.25, 0.3) is 0 Å². The minimum Gasteiger partial charge on any atom is -0.335 e. The lowest BCUT2D eigenvalue weighted by molar-refractivity contribution is 0.784. The summed E-state index contributed by atoms with van der Waals surface area (Å²) in [5.74, 6) is 0. The Bertz CT molecular complexity index is 2470. The normalized spacial score (nSPS) is 12.5. The second kappa shape index (κ2) is 9.10. The molecule has 0 unspecified atom stereocenters. The number of rotatable bonds is 3. The van der Waals surface area contributed by atoms with E-state index in [9.17, 15) is 0 Å². The first-order valence-corrected chi connectivity index (χ1v) is 15.1. The van der Waals surface area contributed by atoms with E-state index in [1.165, 1.54) is 60.7 Å². The van der Waals surface area contributed by atoms with Crippen molar-refractivity contribution in [2.24, 2.45) is 0 Å². The van der Waals surface area contributed by atoms with Crippen LogP contribution in [0.1, 0.15) is 13.8 Å². The number of hydrogen-bond acceptors (Lipinski definition) is 1. The van der Waals surface area contributed by atoms with Crippen LogP contribution in [0, 0.1) is 6.57 Å². The van der Waals surface area contributed by atoms with Gasteiger partial charge in [-0.1, -0.05) is 78.9 Å². The summed E-state index contributed by atoms with van der Waals surface area (Å²) in [5, 5.41) is 4.99. The number of benzene rings is 6. The second-order valence-corrected chi connectivity index (χ2v) is 11.9. The van der Waals surface area contributed by atoms with Gasteiger partial charge in [0.05, 0.1) is 45.7 Å². The molecule has 0 atom stereocenters. The molecule has 0 saturated heterocycles. The first kappa shape index (κ1) is 24.8. The van der Waals surface area contributed by atoms with E-state index in [0.29, 0.717) is 5.69 Å². The van der Waals surface area contributed by atoms with Crippen molar-refractivity contribution in [3.63, 3.8) is 0 Å². The van der Waals surface area contributed by atoms with Gasteiger partial charge in [0.1, 0.15) is 0 Å². The molecule has 0 fully saturated rings. The average molecular weight is 565 g/mol. The predicted octanol–water partition coefficient (Wildman–Crippen LogP) is 11.0. The lowest BCUT2D eigenvalue weighted by Gasteiger charge is -2.36. The smallest absolute Gasteiger partial charge is 0.187 e. The van der Waals surface area contributed by atoms with Crippen LogP contribution in [0.5, 0.6) is 0 Å². The highest BCUT2D eigenvalue weighted by Gasteiger charge is 2.32. The first-order chi connectivity index (χ1) is 21.6. The molecule has 1 aliphatic heterocycles. The average Bonchev–Trinajstić information content (AvgIpc) is 3.58. The maximum atomic E-state index is 7.37. The Morgan fingerprint density at radius 3 is 2.02 bits per heavy atom. The van der Waals surface area contributed by atoms with Crippen LogP contribution in [0.3, 0.4) is 0 Å². The summed E-state index contributed by atoms with van der Waals surface area (Å²) in [7, 11) is 0. The Balaban J connectivity index is 1.50. The summed E-state index contributed by atoms with van der Waals surface area (Å²) in [6.45, 7) is 12.0. The largest absolute Gasteiger partial charge is 0.335 e. The fourth-order valence-corrected chi connectivity index (χ4v) is 7.36. The Morgan fingerprint density at radius 1 is 0.568 bits per heavy atom. The minimum atomic E-state index is 0.243. The van der Waals surface area contributed by atoms with Crippen LogP contribution in [-0.2, 0) is 0 Å². The van der Waals surface area contributed by atoms with E-state index in [-0.39, 0.29) is 6.04 Å². The number of fused-ring (bicyclic) bond motifs is 9. The molecule has 9 rings (SSSR count). The molecule has 0 saturated carbocycles. The summed E-state index contributed by atoms with van der Waals surface area (Å²) in [6.07, 6.45) is 0. The van der Waals surface area contributed by atoms with Crippen LogP contribution >= 0.6 is 0 Å². The lowest BCUT2D eigenvalue weighted by Crippen LogP contribution is -2.29. The third kappa shape index (κ3) is 3.27. The summed E-state index contributed by atoms with van der Waals surface area (Å²) >= 11 is 0. The Kier molecular flexibility index (Phi) is 5.13. The maximum absolute atomic E-state index is 7.37. The van der Waals surface area contributed by atoms with Crippen LogP contribution in [0.4, 0.5) is 17.1 Å². The third-order valence-electron chi connectivity index (χ3n) is 9.14. The van der Waals surface area contributed by atoms with Crippen molar-refractivity contribution in [2.45, 2.75) is 19.9 Å². The van der Waals surface area contributed by atoms with Crippen LogP contribution in [0.25, 0.3) is 71.0 Å². The van der Waals surface area contributed by atoms with Gasteiger partial charge in [0.15, 0.2) is 5.69 Å². The van der Waals surface area contributed by atoms with E-state index >= 15 is 0 Å². The number of hydrogen-bond donors (Lipinski definition) is 0. The number of anilines is 2. The summed E-state index contributed by atoms with van der Waals surface area (Å²) in [5.41, 5.74) is 12.6. The first-order valence-electron chi connectivity index (χ1n) is 15.1. The molecule has 0 radical (unpaired) electrons. The number of nitrogens with zero attached hydrogens (tertiary/aromatic N) is 4. The Hall–Kier alpha value is -5.79. The van der Waals surface area contributed by atoms with Crippen molar-refractivity contribution >= 4 is 60.7 Å². The van der Waals surface area contributed by atoms with Crippen LogP contribution in [-0.4, -0.2) is 15.2 Å². The van der Waals surface area contributed by atoms with Crippen molar-refractivity contribution in [3.8, 4) is 22.5 Å². The van der Waals surface area contributed by atoms with Gasteiger partial charge in [-0.2, -0.15) is 0 Å². The van der Waals surface area contributed by atoms with Crippen LogP contribution in [0.2, 0.25) is 0 Å². The summed E-state index contributed by atoms with van der Waals surface area (Å²) < 4.78 is 4.91. The van der Waals surface area contributed by atoms with Crippen molar-refractivity contribution in [1.29, 1.82) is 0 Å². The molecule has 0 N–H and O–H groups in total. The zero-order valence-corrected chi connectivity index (χ0v) is 24.5. The SMILES string of the molecule is [C-]#[N+]c1ccc(-c2ccc3c(c2)c2cc4c(c5c2n3-c2ccccc2N5C(C)C)c2ccccc2n4-c2ccccc2)cc1. The Labute approximate surface area is 255 Å². The van der Waals surface area contributed by atoms with Crippen molar-refractivity contribution in [3.05, 3.63) is 139 Å². The Morgan fingerprint density at radius 2 is 1.25 bits per heavy atom. The molecule has 0 spiro atoms. The topological polar surface area (TPSA) is 17.5 Å². The molecular weight excluding hydrogens is 536 g/mol. The molecule has 0 bridgehead atoms. The van der Waals surface area contributed by atoms with Gasteiger partial charge in [-0.25, -0.2) is 4.85 Å². The van der Waals surface area contributed by atoms with Gasteiger partial charge in [0.2, 0.25) is 0 Å². The van der Waals surface area contributed by atoms with E-state index in [1.807, 2.05) is 12.1 Å². The number of aromatic nitrogens is 2. The van der Waals surface area contributed by atoms with Gasteiger partial charge < -0.3 is 14.0 Å². The van der Waals surface area contributed by atoms with E-state index in [0.717, 1.165) is 16.8 Å². The van der Waals surface area contributed by atoms with E-state index in [2.05, 4.69) is 148 Å². The second-order valence-electron chi connectivity index (χ2n) is 11.9. The van der Waals surface area contributed by atoms with Crippen molar-refractivity contribution in [1.82, 2.24) is 9.13 Å². The van der Waals surface area contributed by atoms with E-state index in [4.69, 9.17) is 6.57 Å². The van der Waals surface area contributed by atoms with Gasteiger partial charge in [-0.05, 0) is 73.5 Å². The van der Waals surface area contributed by atoms with Gasteiger partial charge in [0, 0.05) is 33.3 Å². The van der Waals surface area contributed by atoms with Crippen LogP contribution < -0.4 is 4.90 Å². The molecule has 1 aliphatic rings. The molecule has 208 valence electrons.